The lowest BCUT2D eigenvalue weighted by Gasteiger charge is -2.12. The number of benzene rings is 2. The Hall–Kier alpha value is -2.25. The van der Waals surface area contributed by atoms with Gasteiger partial charge in [0.2, 0.25) is 5.95 Å². The van der Waals surface area contributed by atoms with Gasteiger partial charge >= 0.3 is 0 Å². The predicted molar refractivity (Wildman–Crippen MR) is 115 cm³/mol. The molecule has 0 radical (unpaired) electrons. The van der Waals surface area contributed by atoms with Gasteiger partial charge in [-0.2, -0.15) is 4.98 Å². The van der Waals surface area contributed by atoms with Gasteiger partial charge in [0.15, 0.2) is 16.9 Å². The Labute approximate surface area is 170 Å². The molecule has 0 aliphatic heterocycles. The Morgan fingerprint density at radius 2 is 1.75 bits per heavy atom. The molecule has 1 unspecified atom stereocenters. The van der Waals surface area contributed by atoms with Crippen molar-refractivity contribution in [3.8, 4) is 0 Å². The maximum atomic E-state index is 12.1. The lowest BCUT2D eigenvalue weighted by Crippen LogP contribution is -2.05. The molecule has 0 bridgehead atoms. The van der Waals surface area contributed by atoms with E-state index in [0.29, 0.717) is 17.5 Å². The first-order valence-corrected chi connectivity index (χ1v) is 12.2. The van der Waals surface area contributed by atoms with Gasteiger partial charge in [0, 0.05) is 11.0 Å². The van der Waals surface area contributed by atoms with Crippen LogP contribution in [0.3, 0.4) is 0 Å². The van der Waals surface area contributed by atoms with Gasteiger partial charge in [0.1, 0.15) is 12.2 Å². The Morgan fingerprint density at radius 1 is 1.07 bits per heavy atom. The lowest BCUT2D eigenvalue weighted by molar-refractivity contribution is 0.564. The minimum Gasteiger partial charge on any atom is -0.338 e. The summed E-state index contributed by atoms with van der Waals surface area (Å²) >= 11 is 4.01. The zero-order valence-corrected chi connectivity index (χ0v) is 17.6. The number of halogens is 1. The van der Waals surface area contributed by atoms with Crippen molar-refractivity contribution in [3.63, 3.8) is 0 Å². The average Bonchev–Trinajstić information content (AvgIpc) is 2.64. The average molecular weight is 437 g/mol. The van der Waals surface area contributed by atoms with Crippen molar-refractivity contribution in [2.24, 2.45) is 0 Å². The highest BCUT2D eigenvalue weighted by molar-refractivity contribution is 7.79. The van der Waals surface area contributed by atoms with Crippen molar-refractivity contribution >= 4 is 58.3 Å². The molecule has 2 aromatic carbocycles. The molecule has 0 saturated carbocycles. The quantitative estimate of drug-likeness (QED) is 0.387. The topological polar surface area (TPSA) is 104 Å². The third-order valence-electron chi connectivity index (χ3n) is 3.82. The van der Waals surface area contributed by atoms with Crippen LogP contribution >= 0.6 is 18.7 Å². The summed E-state index contributed by atoms with van der Waals surface area (Å²) in [5, 5.41) is 7.06. The largest absolute Gasteiger partial charge is 0.338 e. The van der Waals surface area contributed by atoms with Crippen LogP contribution in [0.4, 0.5) is 23.1 Å². The van der Waals surface area contributed by atoms with Gasteiger partial charge in [0.05, 0.1) is 16.8 Å². The van der Waals surface area contributed by atoms with E-state index in [-0.39, 0.29) is 9.92 Å². The summed E-state index contributed by atoms with van der Waals surface area (Å²) in [5.41, 5.74) is 1.14. The van der Waals surface area contributed by atoms with Crippen molar-refractivity contribution in [1.29, 1.82) is 0 Å². The van der Waals surface area contributed by atoms with Gasteiger partial charge < -0.3 is 19.8 Å². The van der Waals surface area contributed by atoms with E-state index in [0.717, 1.165) is 11.0 Å². The van der Waals surface area contributed by atoms with Crippen LogP contribution in [-0.4, -0.2) is 32.1 Å². The van der Waals surface area contributed by atoms with Crippen molar-refractivity contribution in [2.45, 2.75) is 4.90 Å². The first kappa shape index (κ1) is 20.5. The Morgan fingerprint density at radius 3 is 2.39 bits per heavy atom. The van der Waals surface area contributed by atoms with Crippen LogP contribution in [-0.2, 0) is 15.6 Å². The second-order valence-corrected chi connectivity index (χ2v) is 10.8. The fourth-order valence-electron chi connectivity index (χ4n) is 2.40. The van der Waals surface area contributed by atoms with Crippen LogP contribution in [0.1, 0.15) is 0 Å². The van der Waals surface area contributed by atoms with Crippen LogP contribution in [0.2, 0.25) is 5.02 Å². The first-order valence-electron chi connectivity index (χ1n) is 8.16. The van der Waals surface area contributed by atoms with Crippen molar-refractivity contribution < 1.29 is 13.3 Å². The molecule has 3 N–H and O–H groups in total. The summed E-state index contributed by atoms with van der Waals surface area (Å²) in [6, 6.07) is 13.8. The molecule has 3 aromatic rings. The number of aromatic nitrogens is 2. The van der Waals surface area contributed by atoms with E-state index in [1.54, 1.807) is 55.8 Å². The van der Waals surface area contributed by atoms with E-state index in [2.05, 4.69) is 20.6 Å². The number of hydrogen-bond donors (Lipinski definition) is 3. The monoisotopic (exact) mass is 436 g/mol. The van der Waals surface area contributed by atoms with Crippen LogP contribution < -0.4 is 15.9 Å². The number of nitrogens with one attached hydrogen (secondary N) is 2. The van der Waals surface area contributed by atoms with Gasteiger partial charge in [-0.3, -0.25) is 0 Å². The van der Waals surface area contributed by atoms with E-state index in [4.69, 9.17) is 11.6 Å². The zero-order valence-electron chi connectivity index (χ0n) is 15.1. The molecule has 1 atom stereocenters. The maximum absolute atomic E-state index is 12.1. The molecule has 0 aliphatic rings. The minimum atomic E-state index is -2.32. The molecular formula is C18H18ClN4O3PS. The lowest BCUT2D eigenvalue weighted by atomic mass is 10.3. The van der Waals surface area contributed by atoms with Crippen molar-refractivity contribution in [2.75, 3.05) is 24.0 Å². The number of anilines is 4. The minimum absolute atomic E-state index is 0.214. The molecule has 3 rings (SSSR count). The van der Waals surface area contributed by atoms with E-state index in [1.165, 1.54) is 12.3 Å². The van der Waals surface area contributed by atoms with E-state index in [9.17, 15) is 13.3 Å². The highest BCUT2D eigenvalue weighted by atomic mass is 35.5. The van der Waals surface area contributed by atoms with Crippen LogP contribution in [0.15, 0.2) is 59.6 Å². The van der Waals surface area contributed by atoms with E-state index in [1.807, 2.05) is 0 Å². The SMILES string of the molecule is CP(C)(=O)c1ccc(Nc2ncc(Cl)c(Nc3ccccc3S(=O)O)n2)cc1. The predicted octanol–water partition coefficient (Wildman–Crippen LogP) is 4.45. The maximum Gasteiger partial charge on any atom is 0.229 e. The Bertz CT molecular complexity index is 1070. The molecule has 0 amide bonds. The molecule has 0 aliphatic carbocycles. The van der Waals surface area contributed by atoms with E-state index < -0.39 is 18.2 Å². The molecule has 146 valence electrons. The highest BCUT2D eigenvalue weighted by Gasteiger charge is 2.13. The third kappa shape index (κ3) is 4.97. The normalized spacial score (nSPS) is 12.4. The Balaban J connectivity index is 1.84. The second kappa shape index (κ2) is 8.41. The number of nitrogens with zero attached hydrogens (tertiary/aromatic N) is 2. The molecule has 0 spiro atoms. The summed E-state index contributed by atoms with van der Waals surface area (Å²) in [7, 11) is -2.32. The smallest absolute Gasteiger partial charge is 0.229 e. The molecule has 7 nitrogen and oxygen atoms in total. The molecular weight excluding hydrogens is 419 g/mol. The molecule has 10 heteroatoms. The standard InChI is InChI=1S/C18H18ClN4O3PS/c1-27(2,24)13-9-7-12(8-10-13)21-18-20-11-14(19)17(23-18)22-15-5-3-4-6-16(15)28(25)26/h3-11H,1-2H3,(H,25,26)(H2,20,21,22,23). The van der Waals surface area contributed by atoms with Crippen molar-refractivity contribution in [1.82, 2.24) is 9.97 Å². The fourth-order valence-corrected chi connectivity index (χ4v) is 3.91. The van der Waals surface area contributed by atoms with Crippen molar-refractivity contribution in [3.05, 3.63) is 59.8 Å². The first-order chi connectivity index (χ1) is 13.2. The van der Waals surface area contributed by atoms with Crippen LogP contribution in [0, 0.1) is 0 Å². The second-order valence-electron chi connectivity index (χ2n) is 6.28. The summed E-state index contributed by atoms with van der Waals surface area (Å²) in [6.45, 7) is 3.43. The zero-order chi connectivity index (χ0) is 20.3. The van der Waals surface area contributed by atoms with Gasteiger partial charge in [-0.1, -0.05) is 23.7 Å². The number of rotatable bonds is 6. The summed E-state index contributed by atoms with van der Waals surface area (Å²) in [4.78, 5) is 8.69. The summed E-state index contributed by atoms with van der Waals surface area (Å²) in [6.07, 6.45) is 1.43. The van der Waals surface area contributed by atoms with E-state index >= 15 is 0 Å². The number of para-hydroxylation sites is 1. The molecule has 1 heterocycles. The van der Waals surface area contributed by atoms with Gasteiger partial charge in [-0.15, -0.1) is 0 Å². The van der Waals surface area contributed by atoms with Gasteiger partial charge in [-0.25, -0.2) is 9.19 Å². The van der Waals surface area contributed by atoms with Gasteiger partial charge in [-0.05, 0) is 49.7 Å². The fraction of sp³-hybridized carbons (Fsp3) is 0.111. The molecule has 28 heavy (non-hydrogen) atoms. The Kier molecular flexibility index (Phi) is 6.15. The summed E-state index contributed by atoms with van der Waals surface area (Å²) < 4.78 is 33.0. The molecule has 0 saturated heterocycles. The van der Waals surface area contributed by atoms with Crippen LogP contribution in [0.5, 0.6) is 0 Å². The third-order valence-corrected chi connectivity index (χ3v) is 6.37. The molecule has 1 aromatic heterocycles. The highest BCUT2D eigenvalue weighted by Crippen LogP contribution is 2.35. The van der Waals surface area contributed by atoms with Crippen LogP contribution in [0.25, 0.3) is 0 Å². The number of hydrogen-bond acceptors (Lipinski definition) is 6. The van der Waals surface area contributed by atoms with Gasteiger partial charge in [0.25, 0.3) is 0 Å². The molecule has 0 fully saturated rings. The summed E-state index contributed by atoms with van der Waals surface area (Å²) in [5.74, 6) is 0.582.